The fraction of sp³-hybridized carbons (Fsp3) is 0.538. The molecule has 0 saturated carbocycles. The summed E-state index contributed by atoms with van der Waals surface area (Å²) in [5, 5.41) is 9.97. The van der Waals surface area contributed by atoms with Crippen molar-refractivity contribution in [3.63, 3.8) is 0 Å². The zero-order valence-corrected chi connectivity index (χ0v) is 9.40. The minimum atomic E-state index is -0.709. The van der Waals surface area contributed by atoms with Gasteiger partial charge < -0.3 is 10.0 Å². The average molecular weight is 223 g/mol. The number of hydrogen-bond donors (Lipinski definition) is 1. The Bertz CT molecular complexity index is 336. The van der Waals surface area contributed by atoms with Crippen LogP contribution in [-0.2, 0) is 0 Å². The zero-order valence-electron chi connectivity index (χ0n) is 9.40. The summed E-state index contributed by atoms with van der Waals surface area (Å²) in [6, 6.07) is 6.46. The van der Waals surface area contributed by atoms with Gasteiger partial charge in [-0.25, -0.2) is 4.39 Å². The van der Waals surface area contributed by atoms with Crippen molar-refractivity contribution in [2.24, 2.45) is 0 Å². The van der Waals surface area contributed by atoms with Crippen molar-refractivity contribution in [1.29, 1.82) is 0 Å². The van der Waals surface area contributed by atoms with Crippen molar-refractivity contribution in [3.8, 4) is 0 Å². The largest absolute Gasteiger partial charge is 0.387 e. The summed E-state index contributed by atoms with van der Waals surface area (Å²) < 4.78 is 13.4. The molecule has 1 atom stereocenters. The van der Waals surface area contributed by atoms with Gasteiger partial charge in [-0.15, -0.1) is 0 Å². The summed E-state index contributed by atoms with van der Waals surface area (Å²) in [6.07, 6.45) is 2.93. The van der Waals surface area contributed by atoms with Crippen LogP contribution in [0, 0.1) is 5.82 Å². The van der Waals surface area contributed by atoms with E-state index >= 15 is 0 Å². The van der Waals surface area contributed by atoms with E-state index in [2.05, 4.69) is 4.90 Å². The standard InChI is InChI=1S/C13H18FNO/c14-12-7-3-2-6-11(12)13(16)10-15-8-4-1-5-9-15/h2-3,6-7,13,16H,1,4-5,8-10H2. The first-order chi connectivity index (χ1) is 7.77. The molecule has 1 heterocycles. The maximum atomic E-state index is 13.4. The van der Waals surface area contributed by atoms with Crippen LogP contribution < -0.4 is 0 Å². The fourth-order valence-corrected chi connectivity index (χ4v) is 2.23. The van der Waals surface area contributed by atoms with E-state index in [-0.39, 0.29) is 5.82 Å². The second-order valence-electron chi connectivity index (χ2n) is 4.40. The number of aliphatic hydroxyl groups is 1. The molecule has 0 spiro atoms. The first-order valence-electron chi connectivity index (χ1n) is 5.92. The second kappa shape index (κ2) is 5.41. The third-order valence-corrected chi connectivity index (χ3v) is 3.14. The number of likely N-dealkylation sites (tertiary alicyclic amines) is 1. The van der Waals surface area contributed by atoms with Gasteiger partial charge in [0.1, 0.15) is 5.82 Å². The lowest BCUT2D eigenvalue weighted by atomic mass is 10.1. The van der Waals surface area contributed by atoms with Gasteiger partial charge in [0.2, 0.25) is 0 Å². The van der Waals surface area contributed by atoms with Crippen molar-refractivity contribution < 1.29 is 9.50 Å². The number of piperidine rings is 1. The van der Waals surface area contributed by atoms with Gasteiger partial charge in [-0.1, -0.05) is 24.6 Å². The van der Waals surface area contributed by atoms with Crippen LogP contribution in [-0.4, -0.2) is 29.6 Å². The van der Waals surface area contributed by atoms with Crippen LogP contribution >= 0.6 is 0 Å². The van der Waals surface area contributed by atoms with Crippen LogP contribution in [0.5, 0.6) is 0 Å². The van der Waals surface area contributed by atoms with Crippen LogP contribution in [0.4, 0.5) is 4.39 Å². The van der Waals surface area contributed by atoms with Gasteiger partial charge >= 0.3 is 0 Å². The summed E-state index contributed by atoms with van der Waals surface area (Å²) in [5.74, 6) is -0.313. The second-order valence-corrected chi connectivity index (χ2v) is 4.40. The molecule has 1 aliphatic rings. The summed E-state index contributed by atoms with van der Waals surface area (Å²) >= 11 is 0. The van der Waals surface area contributed by atoms with E-state index in [1.807, 2.05) is 0 Å². The molecule has 0 aromatic heterocycles. The average Bonchev–Trinajstić information content (AvgIpc) is 2.31. The van der Waals surface area contributed by atoms with Crippen molar-refractivity contribution in [2.75, 3.05) is 19.6 Å². The van der Waals surface area contributed by atoms with E-state index in [9.17, 15) is 9.50 Å². The molecular formula is C13H18FNO. The van der Waals surface area contributed by atoms with Crippen molar-refractivity contribution in [2.45, 2.75) is 25.4 Å². The van der Waals surface area contributed by atoms with Crippen LogP contribution in [0.15, 0.2) is 24.3 Å². The Kier molecular flexibility index (Phi) is 3.91. The van der Waals surface area contributed by atoms with Crippen LogP contribution in [0.1, 0.15) is 30.9 Å². The number of aliphatic hydroxyl groups excluding tert-OH is 1. The third-order valence-electron chi connectivity index (χ3n) is 3.14. The minimum absolute atomic E-state index is 0.313. The van der Waals surface area contributed by atoms with Crippen LogP contribution in [0.3, 0.4) is 0 Å². The molecule has 0 radical (unpaired) electrons. The minimum Gasteiger partial charge on any atom is -0.387 e. The lowest BCUT2D eigenvalue weighted by Crippen LogP contribution is -2.33. The highest BCUT2D eigenvalue weighted by molar-refractivity contribution is 5.20. The molecule has 1 aromatic carbocycles. The van der Waals surface area contributed by atoms with E-state index < -0.39 is 6.10 Å². The third kappa shape index (κ3) is 2.80. The van der Waals surface area contributed by atoms with E-state index in [1.165, 1.54) is 25.3 Å². The van der Waals surface area contributed by atoms with E-state index in [4.69, 9.17) is 0 Å². The first kappa shape index (κ1) is 11.6. The summed E-state index contributed by atoms with van der Waals surface area (Å²) in [5.41, 5.74) is 0.410. The summed E-state index contributed by atoms with van der Waals surface area (Å²) in [6.45, 7) is 2.58. The lowest BCUT2D eigenvalue weighted by molar-refractivity contribution is 0.0988. The molecule has 1 aromatic rings. The lowest BCUT2D eigenvalue weighted by Gasteiger charge is -2.28. The number of benzene rings is 1. The molecule has 2 rings (SSSR count). The Hall–Kier alpha value is -0.930. The zero-order chi connectivity index (χ0) is 11.4. The van der Waals surface area contributed by atoms with Gasteiger partial charge in [0.25, 0.3) is 0 Å². The normalized spacial score (nSPS) is 19.6. The molecule has 1 unspecified atom stereocenters. The van der Waals surface area contributed by atoms with E-state index in [0.717, 1.165) is 13.1 Å². The monoisotopic (exact) mass is 223 g/mol. The topological polar surface area (TPSA) is 23.5 Å². The Balaban J connectivity index is 1.96. The van der Waals surface area contributed by atoms with Crippen LogP contribution in [0.25, 0.3) is 0 Å². The maximum absolute atomic E-state index is 13.4. The number of halogens is 1. The van der Waals surface area contributed by atoms with Crippen molar-refractivity contribution in [3.05, 3.63) is 35.6 Å². The molecule has 0 aliphatic carbocycles. The molecule has 88 valence electrons. The molecule has 16 heavy (non-hydrogen) atoms. The Morgan fingerprint density at radius 1 is 1.19 bits per heavy atom. The molecule has 1 fully saturated rings. The van der Waals surface area contributed by atoms with Gasteiger partial charge in [0, 0.05) is 12.1 Å². The van der Waals surface area contributed by atoms with Crippen molar-refractivity contribution in [1.82, 2.24) is 4.90 Å². The number of rotatable bonds is 3. The predicted molar refractivity (Wildman–Crippen MR) is 61.7 cm³/mol. The highest BCUT2D eigenvalue weighted by Gasteiger charge is 2.17. The van der Waals surface area contributed by atoms with Gasteiger partial charge in [0.15, 0.2) is 0 Å². The molecule has 1 N–H and O–H groups in total. The Morgan fingerprint density at radius 3 is 2.56 bits per heavy atom. The molecule has 0 bridgehead atoms. The van der Waals surface area contributed by atoms with Crippen LogP contribution in [0.2, 0.25) is 0 Å². The molecule has 1 aliphatic heterocycles. The first-order valence-corrected chi connectivity index (χ1v) is 5.92. The molecule has 1 saturated heterocycles. The highest BCUT2D eigenvalue weighted by Crippen LogP contribution is 2.19. The summed E-state index contributed by atoms with van der Waals surface area (Å²) in [4.78, 5) is 2.21. The molecule has 0 amide bonds. The quantitative estimate of drug-likeness (QED) is 0.850. The Morgan fingerprint density at radius 2 is 1.88 bits per heavy atom. The molecule has 3 heteroatoms. The van der Waals surface area contributed by atoms with Gasteiger partial charge in [-0.05, 0) is 32.0 Å². The number of β-amino-alcohol motifs (C(OH)–C–C–N with tert-alkyl or cyclic N) is 1. The predicted octanol–water partition coefficient (Wildman–Crippen LogP) is 2.35. The fourth-order valence-electron chi connectivity index (χ4n) is 2.23. The van der Waals surface area contributed by atoms with Crippen molar-refractivity contribution >= 4 is 0 Å². The number of hydrogen-bond acceptors (Lipinski definition) is 2. The summed E-state index contributed by atoms with van der Waals surface area (Å²) in [7, 11) is 0. The number of nitrogens with zero attached hydrogens (tertiary/aromatic N) is 1. The molecular weight excluding hydrogens is 205 g/mol. The smallest absolute Gasteiger partial charge is 0.129 e. The maximum Gasteiger partial charge on any atom is 0.129 e. The SMILES string of the molecule is OC(CN1CCCCC1)c1ccccc1F. The van der Waals surface area contributed by atoms with E-state index in [0.29, 0.717) is 12.1 Å². The van der Waals surface area contributed by atoms with Gasteiger partial charge in [-0.2, -0.15) is 0 Å². The van der Waals surface area contributed by atoms with Gasteiger partial charge in [-0.3, -0.25) is 0 Å². The highest BCUT2D eigenvalue weighted by atomic mass is 19.1. The van der Waals surface area contributed by atoms with E-state index in [1.54, 1.807) is 18.2 Å². The van der Waals surface area contributed by atoms with Gasteiger partial charge in [0.05, 0.1) is 6.10 Å². The molecule has 2 nitrogen and oxygen atoms in total. The Labute approximate surface area is 95.7 Å².